The highest BCUT2D eigenvalue weighted by atomic mass is 35.5. The summed E-state index contributed by atoms with van der Waals surface area (Å²) in [5.74, 6) is -4.24. The molecule has 2 aromatic carbocycles. The number of aromatic nitrogens is 1. The van der Waals surface area contributed by atoms with Gasteiger partial charge in [0, 0.05) is 28.4 Å². The molecule has 0 aliphatic heterocycles. The summed E-state index contributed by atoms with van der Waals surface area (Å²) in [7, 11) is -4.12. The Hall–Kier alpha value is -2.96. The number of halogens is 3. The van der Waals surface area contributed by atoms with Crippen LogP contribution >= 0.6 is 11.6 Å². The van der Waals surface area contributed by atoms with Crippen molar-refractivity contribution in [2.75, 3.05) is 5.32 Å². The predicted molar refractivity (Wildman–Crippen MR) is 161 cm³/mol. The molecule has 236 valence electrons. The summed E-state index contributed by atoms with van der Waals surface area (Å²) < 4.78 is 54.7. The van der Waals surface area contributed by atoms with Crippen molar-refractivity contribution in [3.63, 3.8) is 0 Å². The number of nitrogens with one attached hydrogen (secondary N) is 1. The van der Waals surface area contributed by atoms with Crippen LogP contribution in [0.2, 0.25) is 5.02 Å². The summed E-state index contributed by atoms with van der Waals surface area (Å²) in [6.07, 6.45) is -2.16. The van der Waals surface area contributed by atoms with Crippen LogP contribution in [0.1, 0.15) is 74.3 Å². The first-order valence-electron chi connectivity index (χ1n) is 14.4. The lowest BCUT2D eigenvalue weighted by Gasteiger charge is -2.46. The highest BCUT2D eigenvalue weighted by Crippen LogP contribution is 2.55. The number of carbonyl (C=O) groups is 1. The number of nitrogens with zero attached hydrogens (tertiary/aromatic N) is 1. The minimum Gasteiger partial charge on any atom is -0.387 e. The van der Waals surface area contributed by atoms with Crippen LogP contribution in [0.4, 0.5) is 14.5 Å². The summed E-state index contributed by atoms with van der Waals surface area (Å²) in [6.45, 7) is 5.91. The molecule has 0 saturated heterocycles. The third-order valence-electron chi connectivity index (χ3n) is 9.00. The molecule has 0 radical (unpaired) electrons. The molecule has 2 fully saturated rings. The maximum atomic E-state index is 13.9. The normalized spacial score (nSPS) is 25.0. The number of pyridine rings is 1. The zero-order chi connectivity index (χ0) is 32.2. The Balaban J connectivity index is 1.36. The van der Waals surface area contributed by atoms with Crippen LogP contribution in [0.3, 0.4) is 0 Å². The summed E-state index contributed by atoms with van der Waals surface area (Å²) in [5.41, 5.74) is -1.18. The van der Waals surface area contributed by atoms with Gasteiger partial charge in [-0.1, -0.05) is 38.4 Å². The van der Waals surface area contributed by atoms with E-state index in [1.165, 1.54) is 18.2 Å². The Labute approximate surface area is 260 Å². The number of carbonyl (C=O) groups excluding carboxylic acids is 1. The van der Waals surface area contributed by atoms with Crippen LogP contribution in [0.15, 0.2) is 59.5 Å². The van der Waals surface area contributed by atoms with Crippen molar-refractivity contribution in [1.82, 2.24) is 4.98 Å². The second-order valence-electron chi connectivity index (χ2n) is 12.8. The second-order valence-corrected chi connectivity index (χ2v) is 15.4. The number of hydrogen-bond donors (Lipinski definition) is 4. The van der Waals surface area contributed by atoms with Gasteiger partial charge in [0.05, 0.1) is 26.5 Å². The van der Waals surface area contributed by atoms with Crippen molar-refractivity contribution in [2.45, 2.75) is 79.8 Å². The van der Waals surface area contributed by atoms with E-state index in [1.54, 1.807) is 12.1 Å². The lowest BCUT2D eigenvalue weighted by molar-refractivity contribution is -0.178. The SMILES string of the molecule is CC(C)(C)c1cccc(C(O)C(O)[C@]2(O)C3CCC2C[C@@H](S(=O)(=O)c2cc(C(=O)Nc4ccc(F)c(F)c4)ccc2Cl)C3)n1. The first-order valence-corrected chi connectivity index (χ1v) is 16.3. The van der Waals surface area contributed by atoms with Gasteiger partial charge in [-0.05, 0) is 80.0 Å². The molecule has 1 heterocycles. The summed E-state index contributed by atoms with van der Waals surface area (Å²) in [4.78, 5) is 17.1. The minimum absolute atomic E-state index is 0.0101. The predicted octanol–water partition coefficient (Wildman–Crippen LogP) is 5.35. The lowest BCUT2D eigenvalue weighted by atomic mass is 9.69. The van der Waals surface area contributed by atoms with E-state index in [9.17, 15) is 37.3 Å². The van der Waals surface area contributed by atoms with Gasteiger partial charge in [0.1, 0.15) is 12.2 Å². The van der Waals surface area contributed by atoms with Crippen LogP contribution in [-0.4, -0.2) is 51.6 Å². The number of benzene rings is 2. The van der Waals surface area contributed by atoms with Crippen LogP contribution in [0.5, 0.6) is 0 Å². The van der Waals surface area contributed by atoms with E-state index in [4.69, 9.17) is 11.6 Å². The summed E-state index contributed by atoms with van der Waals surface area (Å²) in [5, 5.41) is 35.7. The molecule has 2 bridgehead atoms. The number of aliphatic hydroxyl groups excluding tert-OH is 2. The molecule has 4 atom stereocenters. The molecule has 44 heavy (non-hydrogen) atoms. The maximum Gasteiger partial charge on any atom is 0.255 e. The Morgan fingerprint density at radius 1 is 1.02 bits per heavy atom. The standard InChI is InChI=1S/C32H35ClF2N2O6S/c1-31(2,3)27-6-4-5-25(37-27)28(38)29(39)32(41)18-8-9-19(32)15-21(14-18)44(42,43)26-13-17(7-11-22(26)33)30(40)36-20-10-12-23(34)24(35)16-20/h4-7,10-13,16,18-19,21,28-29,38-39,41H,8-9,14-15H2,1-3H3,(H,36,40)/t18?,19?,21-,28?,29?,32-. The van der Waals surface area contributed by atoms with E-state index in [0.717, 1.165) is 18.2 Å². The largest absolute Gasteiger partial charge is 0.387 e. The van der Waals surface area contributed by atoms with E-state index in [1.807, 2.05) is 26.8 Å². The molecule has 0 spiro atoms. The van der Waals surface area contributed by atoms with Crippen LogP contribution < -0.4 is 5.32 Å². The number of fused-ring (bicyclic) bond motifs is 2. The molecule has 1 amide bonds. The molecule has 4 unspecified atom stereocenters. The van der Waals surface area contributed by atoms with Crippen molar-refractivity contribution >= 4 is 33.0 Å². The molecular weight excluding hydrogens is 614 g/mol. The average molecular weight is 649 g/mol. The molecule has 3 aromatic rings. The minimum atomic E-state index is -4.12. The topological polar surface area (TPSA) is 137 Å². The number of amides is 1. The molecule has 2 aliphatic carbocycles. The fourth-order valence-electron chi connectivity index (χ4n) is 6.55. The van der Waals surface area contributed by atoms with Gasteiger partial charge < -0.3 is 20.6 Å². The Morgan fingerprint density at radius 3 is 2.30 bits per heavy atom. The highest BCUT2D eigenvalue weighted by molar-refractivity contribution is 7.92. The maximum absolute atomic E-state index is 13.9. The number of anilines is 1. The van der Waals surface area contributed by atoms with E-state index in [0.29, 0.717) is 18.5 Å². The monoisotopic (exact) mass is 648 g/mol. The van der Waals surface area contributed by atoms with Crippen molar-refractivity contribution < 1.29 is 37.3 Å². The average Bonchev–Trinajstić information content (AvgIpc) is 3.13. The molecule has 4 N–H and O–H groups in total. The van der Waals surface area contributed by atoms with Crippen molar-refractivity contribution in [2.24, 2.45) is 11.8 Å². The number of sulfone groups is 1. The second kappa shape index (κ2) is 11.8. The van der Waals surface area contributed by atoms with Crippen molar-refractivity contribution in [3.8, 4) is 0 Å². The fraction of sp³-hybridized carbons (Fsp3) is 0.438. The lowest BCUT2D eigenvalue weighted by Crippen LogP contribution is -2.57. The van der Waals surface area contributed by atoms with E-state index >= 15 is 0 Å². The third-order valence-corrected chi connectivity index (χ3v) is 11.7. The summed E-state index contributed by atoms with van der Waals surface area (Å²) in [6, 6.07) is 11.7. The quantitative estimate of drug-likeness (QED) is 0.271. The van der Waals surface area contributed by atoms with E-state index in [2.05, 4.69) is 10.3 Å². The van der Waals surface area contributed by atoms with Gasteiger partial charge >= 0.3 is 0 Å². The molecule has 2 aliphatic rings. The molecule has 8 nitrogen and oxygen atoms in total. The van der Waals surface area contributed by atoms with Crippen LogP contribution in [0, 0.1) is 23.5 Å². The number of aliphatic hydroxyl groups is 3. The van der Waals surface area contributed by atoms with Gasteiger partial charge in [-0.3, -0.25) is 9.78 Å². The number of rotatable bonds is 7. The molecule has 1 aromatic heterocycles. The van der Waals surface area contributed by atoms with Crippen molar-refractivity contribution in [3.05, 3.63) is 88.2 Å². The third kappa shape index (κ3) is 5.88. The summed E-state index contributed by atoms with van der Waals surface area (Å²) >= 11 is 6.32. The first kappa shape index (κ1) is 32.4. The zero-order valence-corrected chi connectivity index (χ0v) is 26.0. The molecule has 2 saturated carbocycles. The highest BCUT2D eigenvalue weighted by Gasteiger charge is 2.60. The zero-order valence-electron chi connectivity index (χ0n) is 24.5. The Bertz CT molecular complexity index is 1680. The van der Waals surface area contributed by atoms with Gasteiger partial charge in [0.2, 0.25) is 0 Å². The van der Waals surface area contributed by atoms with Gasteiger partial charge in [-0.2, -0.15) is 0 Å². The molecular formula is C32H35ClF2N2O6S. The van der Waals surface area contributed by atoms with Crippen LogP contribution in [0.25, 0.3) is 0 Å². The Kier molecular flexibility index (Phi) is 8.67. The molecule has 5 rings (SSSR count). The van der Waals surface area contributed by atoms with Gasteiger partial charge in [0.25, 0.3) is 5.91 Å². The molecule has 12 heteroatoms. The smallest absolute Gasteiger partial charge is 0.255 e. The van der Waals surface area contributed by atoms with Crippen molar-refractivity contribution in [1.29, 1.82) is 0 Å². The number of hydrogen-bond acceptors (Lipinski definition) is 7. The Morgan fingerprint density at radius 2 is 1.68 bits per heavy atom. The van der Waals surface area contributed by atoms with E-state index in [-0.39, 0.29) is 45.1 Å². The first-order chi connectivity index (χ1) is 20.5. The van der Waals surface area contributed by atoms with Gasteiger partial charge in [-0.15, -0.1) is 0 Å². The van der Waals surface area contributed by atoms with Gasteiger partial charge in [0.15, 0.2) is 21.5 Å². The van der Waals surface area contributed by atoms with Crippen LogP contribution in [-0.2, 0) is 15.3 Å². The van der Waals surface area contributed by atoms with E-state index < -0.39 is 62.3 Å². The fourth-order valence-corrected chi connectivity index (χ4v) is 8.95. The van der Waals surface area contributed by atoms with Gasteiger partial charge in [-0.25, -0.2) is 17.2 Å².